The van der Waals surface area contributed by atoms with E-state index in [2.05, 4.69) is 16.4 Å². The van der Waals surface area contributed by atoms with Crippen LogP contribution in [-0.2, 0) is 4.79 Å². The van der Waals surface area contributed by atoms with Crippen LogP contribution in [0.4, 0.5) is 5.82 Å². The molecule has 1 saturated carbocycles. The molecule has 1 aliphatic rings. The third kappa shape index (κ3) is 2.29. The molecule has 0 atom stereocenters. The average Bonchev–Trinajstić information content (AvgIpc) is 2.96. The number of carboxylic acid groups (broad SMARTS) is 1. The molecule has 1 aromatic heterocycles. The third-order valence-electron chi connectivity index (χ3n) is 4.07. The fraction of sp³-hybridized carbons (Fsp3) is 0.312. The Kier molecular flexibility index (Phi) is 3.22. The Balaban J connectivity index is 2.05. The number of benzene rings is 1. The first-order chi connectivity index (χ1) is 10.1. The van der Waals surface area contributed by atoms with Crippen molar-refractivity contribution in [3.05, 3.63) is 35.9 Å². The fourth-order valence-corrected chi connectivity index (χ4v) is 2.95. The van der Waals surface area contributed by atoms with Crippen LogP contribution < -0.4 is 5.32 Å². The van der Waals surface area contributed by atoms with E-state index in [9.17, 15) is 15.2 Å². The predicted octanol–water partition coefficient (Wildman–Crippen LogP) is 2.92. The Bertz CT molecular complexity index is 743. The largest absolute Gasteiger partial charge is 0.480 e. The second kappa shape index (κ2) is 5.06. The van der Waals surface area contributed by atoms with Crippen LogP contribution >= 0.6 is 0 Å². The molecule has 2 N–H and O–H groups in total. The molecular weight excluding hydrogens is 266 g/mol. The number of pyridine rings is 1. The molecule has 0 bridgehead atoms. The van der Waals surface area contributed by atoms with Crippen molar-refractivity contribution in [3.8, 4) is 6.07 Å². The molecule has 3 rings (SSSR count). The van der Waals surface area contributed by atoms with Crippen molar-refractivity contribution >= 4 is 22.7 Å². The zero-order valence-corrected chi connectivity index (χ0v) is 11.5. The number of hydrogen-bond donors (Lipinski definition) is 2. The van der Waals surface area contributed by atoms with Gasteiger partial charge >= 0.3 is 5.97 Å². The minimum absolute atomic E-state index is 0.453. The van der Waals surface area contributed by atoms with Gasteiger partial charge in [0.15, 0.2) is 0 Å². The van der Waals surface area contributed by atoms with E-state index in [-0.39, 0.29) is 0 Å². The number of para-hydroxylation sites is 1. The summed E-state index contributed by atoms with van der Waals surface area (Å²) in [4.78, 5) is 16.0. The van der Waals surface area contributed by atoms with Gasteiger partial charge in [-0.25, -0.2) is 9.78 Å². The van der Waals surface area contributed by atoms with Crippen LogP contribution in [0, 0.1) is 11.3 Å². The first-order valence-corrected chi connectivity index (χ1v) is 6.96. The third-order valence-corrected chi connectivity index (χ3v) is 4.07. The summed E-state index contributed by atoms with van der Waals surface area (Å²) in [6.45, 7) is 0. The molecule has 0 unspecified atom stereocenters. The normalized spacial score (nSPS) is 16.5. The van der Waals surface area contributed by atoms with E-state index in [4.69, 9.17) is 0 Å². The molecular formula is C16H15N3O2. The van der Waals surface area contributed by atoms with E-state index < -0.39 is 11.5 Å². The van der Waals surface area contributed by atoms with Gasteiger partial charge in [-0.2, -0.15) is 5.26 Å². The second-order valence-electron chi connectivity index (χ2n) is 5.40. The highest BCUT2D eigenvalue weighted by Gasteiger charge is 2.41. The maximum absolute atomic E-state index is 11.6. The molecule has 21 heavy (non-hydrogen) atoms. The summed E-state index contributed by atoms with van der Waals surface area (Å²) in [5.41, 5.74) is 0.238. The highest BCUT2D eigenvalue weighted by molar-refractivity contribution is 5.88. The Morgan fingerprint density at radius 1 is 1.33 bits per heavy atom. The van der Waals surface area contributed by atoms with Crippen molar-refractivity contribution in [1.82, 2.24) is 4.98 Å². The van der Waals surface area contributed by atoms with Crippen LogP contribution in [0.15, 0.2) is 30.3 Å². The van der Waals surface area contributed by atoms with E-state index in [1.807, 2.05) is 24.3 Å². The zero-order valence-electron chi connectivity index (χ0n) is 11.5. The van der Waals surface area contributed by atoms with Crippen LogP contribution in [0.25, 0.3) is 10.9 Å². The van der Waals surface area contributed by atoms with Crippen molar-refractivity contribution < 1.29 is 9.90 Å². The van der Waals surface area contributed by atoms with Crippen LogP contribution in [0.2, 0.25) is 0 Å². The van der Waals surface area contributed by atoms with Gasteiger partial charge < -0.3 is 10.4 Å². The maximum Gasteiger partial charge on any atom is 0.329 e. The standard InChI is InChI=1S/C16H15N3O2/c17-10-11-9-14(18-13-6-2-1-5-12(11)13)19-16(15(20)21)7-3-4-8-16/h1-2,5-6,9H,3-4,7-8H2,(H,18,19)(H,20,21). The highest BCUT2D eigenvalue weighted by Crippen LogP contribution is 2.33. The number of fused-ring (bicyclic) bond motifs is 1. The molecule has 2 aromatic rings. The molecule has 1 fully saturated rings. The first-order valence-electron chi connectivity index (χ1n) is 6.96. The predicted molar refractivity (Wildman–Crippen MR) is 78.9 cm³/mol. The van der Waals surface area contributed by atoms with Gasteiger partial charge in [-0.15, -0.1) is 0 Å². The Morgan fingerprint density at radius 2 is 2.05 bits per heavy atom. The Labute approximate surface area is 122 Å². The second-order valence-corrected chi connectivity index (χ2v) is 5.40. The van der Waals surface area contributed by atoms with Crippen molar-refractivity contribution in [1.29, 1.82) is 5.26 Å². The highest BCUT2D eigenvalue weighted by atomic mass is 16.4. The summed E-state index contributed by atoms with van der Waals surface area (Å²) in [5, 5.41) is 22.6. The number of anilines is 1. The minimum Gasteiger partial charge on any atom is -0.480 e. The fourth-order valence-electron chi connectivity index (χ4n) is 2.95. The summed E-state index contributed by atoms with van der Waals surface area (Å²) in [6, 6.07) is 11.1. The number of nitriles is 1. The number of hydrogen-bond acceptors (Lipinski definition) is 4. The van der Waals surface area contributed by atoms with Crippen LogP contribution in [-0.4, -0.2) is 21.6 Å². The summed E-state index contributed by atoms with van der Waals surface area (Å²) in [6.07, 6.45) is 2.94. The summed E-state index contributed by atoms with van der Waals surface area (Å²) >= 11 is 0. The maximum atomic E-state index is 11.6. The lowest BCUT2D eigenvalue weighted by Gasteiger charge is -2.26. The van der Waals surface area contributed by atoms with E-state index >= 15 is 0 Å². The number of nitrogens with zero attached hydrogens (tertiary/aromatic N) is 2. The van der Waals surface area contributed by atoms with E-state index in [0.717, 1.165) is 18.2 Å². The lowest BCUT2D eigenvalue weighted by Crippen LogP contribution is -2.43. The van der Waals surface area contributed by atoms with Crippen molar-refractivity contribution in [3.63, 3.8) is 0 Å². The molecule has 0 radical (unpaired) electrons. The molecule has 0 spiro atoms. The molecule has 5 nitrogen and oxygen atoms in total. The van der Waals surface area contributed by atoms with Gasteiger partial charge in [-0.05, 0) is 25.0 Å². The zero-order chi connectivity index (χ0) is 14.9. The van der Waals surface area contributed by atoms with Gasteiger partial charge in [0.2, 0.25) is 0 Å². The molecule has 0 amide bonds. The van der Waals surface area contributed by atoms with Gasteiger partial charge in [0.1, 0.15) is 11.4 Å². The summed E-state index contributed by atoms with van der Waals surface area (Å²) < 4.78 is 0. The first kappa shape index (κ1) is 13.4. The monoisotopic (exact) mass is 281 g/mol. The lowest BCUT2D eigenvalue weighted by molar-refractivity contribution is -0.142. The lowest BCUT2D eigenvalue weighted by atomic mass is 9.97. The van der Waals surface area contributed by atoms with Crippen LogP contribution in [0.1, 0.15) is 31.2 Å². The molecule has 106 valence electrons. The molecule has 0 aliphatic heterocycles. The molecule has 0 saturated heterocycles. The minimum atomic E-state index is -0.956. The van der Waals surface area contributed by atoms with Crippen molar-refractivity contribution in [2.45, 2.75) is 31.2 Å². The number of rotatable bonds is 3. The Hall–Kier alpha value is -2.61. The van der Waals surface area contributed by atoms with E-state index in [1.165, 1.54) is 0 Å². The number of aromatic nitrogens is 1. The van der Waals surface area contributed by atoms with Crippen LogP contribution in [0.3, 0.4) is 0 Å². The topological polar surface area (TPSA) is 86.0 Å². The molecule has 1 aromatic carbocycles. The quantitative estimate of drug-likeness (QED) is 0.903. The van der Waals surface area contributed by atoms with Crippen LogP contribution in [0.5, 0.6) is 0 Å². The van der Waals surface area contributed by atoms with Gasteiger partial charge in [-0.1, -0.05) is 31.0 Å². The number of carboxylic acids is 1. The van der Waals surface area contributed by atoms with Gasteiger partial charge in [0, 0.05) is 5.39 Å². The van der Waals surface area contributed by atoms with Crippen molar-refractivity contribution in [2.75, 3.05) is 5.32 Å². The van der Waals surface area contributed by atoms with Gasteiger partial charge in [-0.3, -0.25) is 0 Å². The summed E-state index contributed by atoms with van der Waals surface area (Å²) in [5.74, 6) is -0.400. The van der Waals surface area contributed by atoms with E-state index in [0.29, 0.717) is 29.7 Å². The Morgan fingerprint density at radius 3 is 2.71 bits per heavy atom. The van der Waals surface area contributed by atoms with Gasteiger partial charge in [0.05, 0.1) is 17.1 Å². The number of aliphatic carboxylic acids is 1. The molecule has 1 heterocycles. The van der Waals surface area contributed by atoms with E-state index in [1.54, 1.807) is 6.07 Å². The smallest absolute Gasteiger partial charge is 0.329 e. The SMILES string of the molecule is N#Cc1cc(NC2(C(=O)O)CCCC2)nc2ccccc12. The van der Waals surface area contributed by atoms with Crippen molar-refractivity contribution in [2.24, 2.45) is 0 Å². The number of carbonyl (C=O) groups is 1. The summed E-state index contributed by atoms with van der Waals surface area (Å²) in [7, 11) is 0. The molecule has 1 aliphatic carbocycles. The molecule has 5 heteroatoms. The number of nitrogens with one attached hydrogen (secondary N) is 1. The van der Waals surface area contributed by atoms with Gasteiger partial charge in [0.25, 0.3) is 0 Å². The average molecular weight is 281 g/mol.